The Bertz CT molecular complexity index is 575. The van der Waals surface area contributed by atoms with Crippen LogP contribution in [0.4, 0.5) is 15.8 Å². The summed E-state index contributed by atoms with van der Waals surface area (Å²) in [5, 5.41) is 3.35. The van der Waals surface area contributed by atoms with E-state index in [-0.39, 0.29) is 5.02 Å². The van der Waals surface area contributed by atoms with Gasteiger partial charge in [0.2, 0.25) is 0 Å². The first-order valence-electron chi connectivity index (χ1n) is 5.29. The first kappa shape index (κ1) is 13.2. The first-order valence-corrected chi connectivity index (χ1v) is 6.46. The highest BCUT2D eigenvalue weighted by atomic mass is 79.9. The zero-order chi connectivity index (χ0) is 13.1. The van der Waals surface area contributed by atoms with Crippen LogP contribution in [-0.4, -0.2) is 0 Å². The van der Waals surface area contributed by atoms with E-state index >= 15 is 0 Å². The third-order valence-electron chi connectivity index (χ3n) is 2.46. The molecule has 0 atom stereocenters. The molecule has 0 aromatic heterocycles. The summed E-state index contributed by atoms with van der Waals surface area (Å²) in [4.78, 5) is 0. The number of anilines is 2. The lowest BCUT2D eigenvalue weighted by molar-refractivity contribution is 0.627. The highest BCUT2D eigenvalue weighted by Crippen LogP contribution is 2.25. The Hall–Kier alpha value is -1.26. The number of nitrogens with one attached hydrogen (secondary N) is 1. The van der Waals surface area contributed by atoms with Crippen LogP contribution in [-0.2, 0) is 6.54 Å². The highest BCUT2D eigenvalue weighted by Gasteiger charge is 2.03. The number of hydrogen-bond acceptors (Lipinski definition) is 2. The van der Waals surface area contributed by atoms with Crippen molar-refractivity contribution in [3.05, 3.63) is 57.3 Å². The molecule has 0 fully saturated rings. The maximum absolute atomic E-state index is 13.0. The molecule has 0 amide bonds. The van der Waals surface area contributed by atoms with E-state index in [9.17, 15) is 4.39 Å². The van der Waals surface area contributed by atoms with E-state index in [4.69, 9.17) is 17.3 Å². The van der Waals surface area contributed by atoms with Gasteiger partial charge in [0.05, 0.1) is 5.02 Å². The average molecular weight is 330 g/mol. The van der Waals surface area contributed by atoms with E-state index in [2.05, 4.69) is 21.2 Å². The van der Waals surface area contributed by atoms with Crippen molar-refractivity contribution in [3.8, 4) is 0 Å². The summed E-state index contributed by atoms with van der Waals surface area (Å²) < 4.78 is 13.9. The van der Waals surface area contributed by atoms with Gasteiger partial charge in [-0.2, -0.15) is 0 Å². The Morgan fingerprint density at radius 3 is 2.67 bits per heavy atom. The van der Waals surface area contributed by atoms with Crippen LogP contribution in [0.3, 0.4) is 0 Å². The maximum atomic E-state index is 13.0. The van der Waals surface area contributed by atoms with Crippen LogP contribution in [0.15, 0.2) is 40.9 Å². The molecule has 2 nitrogen and oxygen atoms in total. The van der Waals surface area contributed by atoms with Gasteiger partial charge in [-0.15, -0.1) is 0 Å². The standard InChI is InChI=1S/C13H11BrClFN2/c14-10-6-9(17)2-4-13(10)18-7-8-1-3-12(16)11(15)5-8/h1-6,18H,7,17H2. The molecule has 5 heteroatoms. The second kappa shape index (κ2) is 5.59. The van der Waals surface area contributed by atoms with E-state index < -0.39 is 5.82 Å². The number of hydrogen-bond donors (Lipinski definition) is 2. The minimum Gasteiger partial charge on any atom is -0.399 e. The smallest absolute Gasteiger partial charge is 0.141 e. The molecule has 2 aromatic carbocycles. The fourth-order valence-electron chi connectivity index (χ4n) is 1.52. The Kier molecular flexibility index (Phi) is 4.09. The molecule has 0 unspecified atom stereocenters. The summed E-state index contributed by atoms with van der Waals surface area (Å²) in [5.74, 6) is -0.408. The third kappa shape index (κ3) is 3.15. The van der Waals surface area contributed by atoms with Crippen LogP contribution in [0.5, 0.6) is 0 Å². The quantitative estimate of drug-likeness (QED) is 0.817. The average Bonchev–Trinajstić information content (AvgIpc) is 2.32. The van der Waals surface area contributed by atoms with E-state index in [0.29, 0.717) is 12.2 Å². The van der Waals surface area contributed by atoms with Gasteiger partial charge < -0.3 is 11.1 Å². The Balaban J connectivity index is 2.09. The largest absolute Gasteiger partial charge is 0.399 e. The van der Waals surface area contributed by atoms with Crippen molar-refractivity contribution >= 4 is 38.9 Å². The van der Waals surface area contributed by atoms with E-state index in [1.165, 1.54) is 6.07 Å². The molecule has 0 bridgehead atoms. The van der Waals surface area contributed by atoms with Gasteiger partial charge in [0, 0.05) is 22.4 Å². The Labute approximate surface area is 118 Å². The molecule has 0 aliphatic heterocycles. The predicted molar refractivity (Wildman–Crippen MR) is 77.3 cm³/mol. The van der Waals surface area contributed by atoms with Crippen molar-refractivity contribution < 1.29 is 4.39 Å². The van der Waals surface area contributed by atoms with Gasteiger partial charge in [-0.3, -0.25) is 0 Å². The molecule has 18 heavy (non-hydrogen) atoms. The minimum atomic E-state index is -0.408. The second-order valence-corrected chi connectivity index (χ2v) is 5.10. The Morgan fingerprint density at radius 2 is 2.00 bits per heavy atom. The van der Waals surface area contributed by atoms with Gasteiger partial charge in [-0.1, -0.05) is 17.7 Å². The van der Waals surface area contributed by atoms with Crippen molar-refractivity contribution in [1.82, 2.24) is 0 Å². The normalized spacial score (nSPS) is 10.4. The number of benzene rings is 2. The number of nitrogens with two attached hydrogens (primary N) is 1. The van der Waals surface area contributed by atoms with Crippen LogP contribution in [0.1, 0.15) is 5.56 Å². The summed E-state index contributed by atoms with van der Waals surface area (Å²) in [6.07, 6.45) is 0. The van der Waals surface area contributed by atoms with E-state index in [0.717, 1.165) is 15.7 Å². The van der Waals surface area contributed by atoms with Gasteiger partial charge in [-0.25, -0.2) is 4.39 Å². The summed E-state index contributed by atoms with van der Waals surface area (Å²) in [6.45, 7) is 0.558. The van der Waals surface area contributed by atoms with Crippen molar-refractivity contribution in [3.63, 3.8) is 0 Å². The van der Waals surface area contributed by atoms with Crippen LogP contribution in [0.2, 0.25) is 5.02 Å². The minimum absolute atomic E-state index is 0.130. The lowest BCUT2D eigenvalue weighted by atomic mass is 10.2. The van der Waals surface area contributed by atoms with Crippen molar-refractivity contribution in [1.29, 1.82) is 0 Å². The molecular formula is C13H11BrClFN2. The van der Waals surface area contributed by atoms with Gasteiger partial charge in [0.15, 0.2) is 0 Å². The molecule has 2 aromatic rings. The second-order valence-electron chi connectivity index (χ2n) is 3.84. The van der Waals surface area contributed by atoms with Gasteiger partial charge in [0.1, 0.15) is 5.82 Å². The zero-order valence-electron chi connectivity index (χ0n) is 9.38. The maximum Gasteiger partial charge on any atom is 0.141 e. The number of rotatable bonds is 3. The first-order chi connectivity index (χ1) is 8.56. The molecule has 2 rings (SSSR count). The SMILES string of the molecule is Nc1ccc(NCc2ccc(F)c(Cl)c2)c(Br)c1. The lowest BCUT2D eigenvalue weighted by Gasteiger charge is -2.09. The summed E-state index contributed by atoms with van der Waals surface area (Å²) in [5.41, 5.74) is 8.17. The fourth-order valence-corrected chi connectivity index (χ4v) is 2.26. The molecule has 94 valence electrons. The Morgan fingerprint density at radius 1 is 1.22 bits per heavy atom. The van der Waals surface area contributed by atoms with Crippen LogP contribution in [0, 0.1) is 5.82 Å². The molecule has 0 spiro atoms. The van der Waals surface area contributed by atoms with Crippen molar-refractivity contribution in [2.75, 3.05) is 11.1 Å². The number of halogens is 3. The molecule has 0 aliphatic rings. The molecule has 0 saturated carbocycles. The van der Waals surface area contributed by atoms with Crippen molar-refractivity contribution in [2.24, 2.45) is 0 Å². The third-order valence-corrected chi connectivity index (χ3v) is 3.41. The zero-order valence-corrected chi connectivity index (χ0v) is 11.7. The van der Waals surface area contributed by atoms with Gasteiger partial charge in [0.25, 0.3) is 0 Å². The summed E-state index contributed by atoms with van der Waals surface area (Å²) >= 11 is 9.14. The summed E-state index contributed by atoms with van der Waals surface area (Å²) in [6, 6.07) is 10.2. The highest BCUT2D eigenvalue weighted by molar-refractivity contribution is 9.10. The molecular weight excluding hydrogens is 319 g/mol. The fraction of sp³-hybridized carbons (Fsp3) is 0.0769. The topological polar surface area (TPSA) is 38.0 Å². The molecule has 0 aliphatic carbocycles. The van der Waals surface area contributed by atoms with Crippen LogP contribution < -0.4 is 11.1 Å². The molecule has 0 heterocycles. The van der Waals surface area contributed by atoms with E-state index in [1.807, 2.05) is 18.2 Å². The summed E-state index contributed by atoms with van der Waals surface area (Å²) in [7, 11) is 0. The van der Waals surface area contributed by atoms with E-state index in [1.54, 1.807) is 12.1 Å². The molecule has 0 radical (unpaired) electrons. The van der Waals surface area contributed by atoms with Crippen molar-refractivity contribution in [2.45, 2.75) is 6.54 Å². The van der Waals surface area contributed by atoms with Gasteiger partial charge in [-0.05, 0) is 51.8 Å². The predicted octanol–water partition coefficient (Wildman–Crippen LogP) is 4.44. The van der Waals surface area contributed by atoms with Gasteiger partial charge >= 0.3 is 0 Å². The molecule has 0 saturated heterocycles. The monoisotopic (exact) mass is 328 g/mol. The molecule has 3 N–H and O–H groups in total. The van der Waals surface area contributed by atoms with Crippen LogP contribution in [0.25, 0.3) is 0 Å². The lowest BCUT2D eigenvalue weighted by Crippen LogP contribution is -2.00. The van der Waals surface area contributed by atoms with Crippen LogP contribution >= 0.6 is 27.5 Å². The number of nitrogen functional groups attached to an aromatic ring is 1.